The van der Waals surface area contributed by atoms with Crippen molar-refractivity contribution in [1.29, 1.82) is 0 Å². The quantitative estimate of drug-likeness (QED) is 0.479. The van der Waals surface area contributed by atoms with E-state index in [0.29, 0.717) is 12.0 Å². The molecule has 4 heteroatoms. The second kappa shape index (κ2) is 5.32. The van der Waals surface area contributed by atoms with E-state index in [2.05, 4.69) is 0 Å². The summed E-state index contributed by atoms with van der Waals surface area (Å²) in [5, 5.41) is 10.7. The molecule has 0 atom stereocenters. The van der Waals surface area contributed by atoms with Gasteiger partial charge in [0.15, 0.2) is 5.78 Å². The molecule has 0 aliphatic heterocycles. The lowest BCUT2D eigenvalue weighted by molar-refractivity contribution is -0.384. The lowest BCUT2D eigenvalue weighted by Crippen LogP contribution is -2.12. The van der Waals surface area contributed by atoms with E-state index in [1.807, 2.05) is 30.3 Å². The molecule has 0 unspecified atom stereocenters. The van der Waals surface area contributed by atoms with E-state index >= 15 is 0 Å². The molecule has 1 aliphatic rings. The fourth-order valence-electron chi connectivity index (χ4n) is 2.55. The Morgan fingerprint density at radius 3 is 2.43 bits per heavy atom. The third kappa shape index (κ3) is 2.60. The van der Waals surface area contributed by atoms with Gasteiger partial charge in [-0.15, -0.1) is 0 Å². The largest absolute Gasteiger partial charge is 0.294 e. The van der Waals surface area contributed by atoms with Crippen LogP contribution in [0.1, 0.15) is 23.1 Å². The normalized spacial score (nSPS) is 15.8. The van der Waals surface area contributed by atoms with Gasteiger partial charge in [-0.2, -0.15) is 0 Å². The van der Waals surface area contributed by atoms with E-state index in [-0.39, 0.29) is 11.5 Å². The van der Waals surface area contributed by atoms with Gasteiger partial charge in [-0.25, -0.2) is 0 Å². The van der Waals surface area contributed by atoms with Gasteiger partial charge in [0.1, 0.15) is 0 Å². The van der Waals surface area contributed by atoms with Crippen molar-refractivity contribution in [2.45, 2.75) is 12.8 Å². The first-order valence-corrected chi connectivity index (χ1v) is 6.73. The van der Waals surface area contributed by atoms with Gasteiger partial charge in [0.2, 0.25) is 0 Å². The van der Waals surface area contributed by atoms with Crippen molar-refractivity contribution in [3.63, 3.8) is 0 Å². The number of allylic oxidation sites excluding steroid dienone is 1. The summed E-state index contributed by atoms with van der Waals surface area (Å²) < 4.78 is 0. The van der Waals surface area contributed by atoms with E-state index in [4.69, 9.17) is 0 Å². The fourth-order valence-corrected chi connectivity index (χ4v) is 2.55. The summed E-state index contributed by atoms with van der Waals surface area (Å²) in [5.74, 6) is 0.118. The van der Waals surface area contributed by atoms with Crippen molar-refractivity contribution in [2.24, 2.45) is 0 Å². The van der Waals surface area contributed by atoms with E-state index in [1.165, 1.54) is 17.7 Å². The molecule has 2 aromatic rings. The number of carbonyl (C=O) groups is 1. The number of Topliss-reactive ketones (excluding diaryl/α,β-unsaturated/α-hetero) is 1. The predicted octanol–water partition coefficient (Wildman–Crippen LogP) is 3.65. The van der Waals surface area contributed by atoms with Crippen molar-refractivity contribution in [1.82, 2.24) is 0 Å². The maximum atomic E-state index is 12.2. The lowest BCUT2D eigenvalue weighted by atomic mass is 9.85. The van der Waals surface area contributed by atoms with Crippen molar-refractivity contribution in [2.75, 3.05) is 0 Å². The molecule has 2 aromatic carbocycles. The van der Waals surface area contributed by atoms with E-state index in [9.17, 15) is 14.9 Å². The topological polar surface area (TPSA) is 60.2 Å². The fraction of sp³-hybridized carbons (Fsp3) is 0.118. The molecule has 0 heterocycles. The average molecular weight is 279 g/mol. The molecule has 3 rings (SSSR count). The molecule has 0 aromatic heterocycles. The van der Waals surface area contributed by atoms with Crippen LogP contribution in [0.2, 0.25) is 0 Å². The molecule has 0 N–H and O–H groups in total. The number of non-ortho nitro benzene ring substituents is 1. The highest BCUT2D eigenvalue weighted by atomic mass is 16.6. The van der Waals surface area contributed by atoms with E-state index in [1.54, 1.807) is 12.1 Å². The van der Waals surface area contributed by atoms with Gasteiger partial charge in [-0.1, -0.05) is 24.3 Å². The molecule has 4 nitrogen and oxygen atoms in total. The number of aryl methyl sites for hydroxylation is 1. The average Bonchev–Trinajstić information content (AvgIpc) is 2.51. The number of nitro benzene ring substituents is 1. The molecule has 0 saturated carbocycles. The van der Waals surface area contributed by atoms with Gasteiger partial charge >= 0.3 is 0 Å². The van der Waals surface area contributed by atoms with Crippen LogP contribution in [0.4, 0.5) is 5.69 Å². The Kier molecular flexibility index (Phi) is 3.36. The monoisotopic (exact) mass is 279 g/mol. The Morgan fingerprint density at radius 2 is 1.71 bits per heavy atom. The number of carbonyl (C=O) groups excluding carboxylic acids is 1. The predicted molar refractivity (Wildman–Crippen MR) is 80.7 cm³/mol. The number of rotatable bonds is 2. The number of hydrogen-bond acceptors (Lipinski definition) is 3. The molecule has 1 aliphatic carbocycles. The van der Waals surface area contributed by atoms with Crippen LogP contribution >= 0.6 is 0 Å². The third-order valence-electron chi connectivity index (χ3n) is 3.64. The highest BCUT2D eigenvalue weighted by molar-refractivity contribution is 6.26. The minimum atomic E-state index is -0.433. The highest BCUT2D eigenvalue weighted by Crippen LogP contribution is 2.30. The van der Waals surface area contributed by atoms with Crippen molar-refractivity contribution < 1.29 is 9.72 Å². The van der Waals surface area contributed by atoms with E-state index < -0.39 is 4.92 Å². The number of fused-ring (bicyclic) bond motifs is 1. The van der Waals surface area contributed by atoms with Crippen LogP contribution in [0.3, 0.4) is 0 Å². The summed E-state index contributed by atoms with van der Waals surface area (Å²) in [6.45, 7) is 0. The van der Waals surface area contributed by atoms with Gasteiger partial charge in [0, 0.05) is 24.1 Å². The Morgan fingerprint density at radius 1 is 1.00 bits per heavy atom. The standard InChI is InChI=1S/C17H13NO3/c19-17-10-7-13-3-1-2-4-15(13)16(17)11-12-5-8-14(9-6-12)18(20)21/h1-6,8-9,11H,7,10H2/b16-11+. The second-order valence-corrected chi connectivity index (χ2v) is 4.99. The number of nitrogens with zero attached hydrogens (tertiary/aromatic N) is 1. The number of ketones is 1. The maximum absolute atomic E-state index is 12.2. The van der Waals surface area contributed by atoms with Gasteiger partial charge in [0.25, 0.3) is 5.69 Å². The second-order valence-electron chi connectivity index (χ2n) is 4.99. The van der Waals surface area contributed by atoms with E-state index in [0.717, 1.165) is 17.5 Å². The van der Waals surface area contributed by atoms with Crippen LogP contribution in [0.15, 0.2) is 48.5 Å². The molecule has 104 valence electrons. The molecular formula is C17H13NO3. The summed E-state index contributed by atoms with van der Waals surface area (Å²) >= 11 is 0. The zero-order chi connectivity index (χ0) is 14.8. The molecule has 0 spiro atoms. The maximum Gasteiger partial charge on any atom is 0.269 e. The highest BCUT2D eigenvalue weighted by Gasteiger charge is 2.20. The Hall–Kier alpha value is -2.75. The van der Waals surface area contributed by atoms with Crippen LogP contribution in [0.5, 0.6) is 0 Å². The van der Waals surface area contributed by atoms with Crippen LogP contribution < -0.4 is 0 Å². The van der Waals surface area contributed by atoms with Gasteiger partial charge in [0.05, 0.1) is 4.92 Å². The van der Waals surface area contributed by atoms with Gasteiger partial charge in [-0.3, -0.25) is 14.9 Å². The smallest absolute Gasteiger partial charge is 0.269 e. The molecule has 0 amide bonds. The summed E-state index contributed by atoms with van der Waals surface area (Å²) in [5.41, 5.74) is 3.66. The van der Waals surface area contributed by atoms with Crippen LogP contribution in [0, 0.1) is 10.1 Å². The van der Waals surface area contributed by atoms with Gasteiger partial charge < -0.3 is 0 Å². The molecule has 0 fully saturated rings. The first-order valence-electron chi connectivity index (χ1n) is 6.73. The number of hydrogen-bond donors (Lipinski definition) is 0. The van der Waals surface area contributed by atoms with Crippen LogP contribution in [0.25, 0.3) is 11.6 Å². The SMILES string of the molecule is O=C1CCc2ccccc2/C1=C\c1ccc([N+](=O)[O-])cc1. The molecule has 0 radical (unpaired) electrons. The molecule has 0 bridgehead atoms. The summed E-state index contributed by atoms with van der Waals surface area (Å²) in [6, 6.07) is 14.1. The Balaban J connectivity index is 2.02. The number of benzene rings is 2. The molecular weight excluding hydrogens is 266 g/mol. The lowest BCUT2D eigenvalue weighted by Gasteiger charge is -2.17. The number of nitro groups is 1. The summed E-state index contributed by atoms with van der Waals surface area (Å²) in [4.78, 5) is 22.4. The summed E-state index contributed by atoms with van der Waals surface area (Å²) in [7, 11) is 0. The Bertz CT molecular complexity index is 745. The minimum absolute atomic E-state index is 0.0486. The first-order chi connectivity index (χ1) is 10.1. The molecule has 0 saturated heterocycles. The zero-order valence-corrected chi connectivity index (χ0v) is 11.3. The minimum Gasteiger partial charge on any atom is -0.294 e. The Labute approximate surface area is 121 Å². The zero-order valence-electron chi connectivity index (χ0n) is 11.3. The van der Waals surface area contributed by atoms with Crippen molar-refractivity contribution in [3.05, 3.63) is 75.3 Å². The molecule has 21 heavy (non-hydrogen) atoms. The third-order valence-corrected chi connectivity index (χ3v) is 3.64. The van der Waals surface area contributed by atoms with Crippen LogP contribution in [-0.4, -0.2) is 10.7 Å². The first kappa shape index (κ1) is 13.2. The summed E-state index contributed by atoms with van der Waals surface area (Å²) in [6.07, 6.45) is 3.09. The van der Waals surface area contributed by atoms with Crippen LogP contribution in [-0.2, 0) is 11.2 Å². The van der Waals surface area contributed by atoms with Gasteiger partial charge in [-0.05, 0) is 41.3 Å². The van der Waals surface area contributed by atoms with Crippen molar-refractivity contribution in [3.8, 4) is 0 Å². The van der Waals surface area contributed by atoms with Crippen molar-refractivity contribution >= 4 is 23.1 Å².